The third-order valence-electron chi connectivity index (χ3n) is 5.82. The van der Waals surface area contributed by atoms with Gasteiger partial charge in [-0.15, -0.1) is 0 Å². The summed E-state index contributed by atoms with van der Waals surface area (Å²) < 4.78 is 33.8. The molecule has 29 heavy (non-hydrogen) atoms. The van der Waals surface area contributed by atoms with E-state index in [4.69, 9.17) is 4.74 Å². The molecule has 0 spiro atoms. The van der Waals surface area contributed by atoms with Crippen LogP contribution in [0.4, 0.5) is 0 Å². The van der Waals surface area contributed by atoms with E-state index in [2.05, 4.69) is 10.0 Å². The van der Waals surface area contributed by atoms with E-state index in [1.807, 2.05) is 6.92 Å². The zero-order chi connectivity index (χ0) is 20.9. The lowest BCUT2D eigenvalue weighted by Gasteiger charge is -2.36. The van der Waals surface area contributed by atoms with E-state index in [9.17, 15) is 18.3 Å². The van der Waals surface area contributed by atoms with Gasteiger partial charge < -0.3 is 15.2 Å². The minimum atomic E-state index is -3.70. The van der Waals surface area contributed by atoms with Crippen LogP contribution in [0.1, 0.15) is 56.9 Å². The lowest BCUT2D eigenvalue weighted by atomic mass is 9.94. The Morgan fingerprint density at radius 3 is 2.45 bits per heavy atom. The molecule has 2 aliphatic rings. The number of ether oxygens (including phenoxy) is 1. The number of carbonyl (C=O) groups excluding carboxylic acids is 1. The highest BCUT2D eigenvalue weighted by molar-refractivity contribution is 7.89. The Morgan fingerprint density at radius 1 is 1.10 bits per heavy atom. The standard InChI is InChI=1S/C21H32N2O5S/c1-15-7-10-18(11-8-15)29(26,27)23-19-12-9-17(28-20(19)14-24)13-21(25)22-16-5-3-2-4-6-16/h7-8,10-11,16-17,19-20,23-24H,2-6,9,12-14H2,1H3,(H,22,25)/t17-,19+,20+/m1/s1. The van der Waals surface area contributed by atoms with Gasteiger partial charge in [-0.05, 0) is 44.7 Å². The Labute approximate surface area is 173 Å². The number of aliphatic hydroxyl groups excluding tert-OH is 1. The minimum Gasteiger partial charge on any atom is -0.394 e. The van der Waals surface area contributed by atoms with Gasteiger partial charge in [0.1, 0.15) is 0 Å². The second-order valence-corrected chi connectivity index (χ2v) is 9.92. The number of hydrogen-bond donors (Lipinski definition) is 3. The molecule has 3 atom stereocenters. The van der Waals surface area contributed by atoms with Crippen LogP contribution in [-0.4, -0.2) is 50.3 Å². The highest BCUT2D eigenvalue weighted by Crippen LogP contribution is 2.24. The van der Waals surface area contributed by atoms with E-state index in [1.54, 1.807) is 24.3 Å². The Bertz CT molecular complexity index is 775. The number of benzene rings is 1. The smallest absolute Gasteiger partial charge is 0.240 e. The SMILES string of the molecule is Cc1ccc(S(=O)(=O)N[C@H]2CC[C@H](CC(=O)NC3CCCCC3)O[C@H]2CO)cc1. The van der Waals surface area contributed by atoms with Crippen LogP contribution in [0, 0.1) is 6.92 Å². The monoisotopic (exact) mass is 424 g/mol. The van der Waals surface area contributed by atoms with Crippen LogP contribution >= 0.6 is 0 Å². The summed E-state index contributed by atoms with van der Waals surface area (Å²) in [6.07, 6.45) is 5.93. The van der Waals surface area contributed by atoms with Crippen LogP contribution in [-0.2, 0) is 19.6 Å². The summed E-state index contributed by atoms with van der Waals surface area (Å²) in [6.45, 7) is 1.59. The molecular formula is C21H32N2O5S. The van der Waals surface area contributed by atoms with Gasteiger partial charge in [0.2, 0.25) is 15.9 Å². The van der Waals surface area contributed by atoms with Crippen LogP contribution in [0.15, 0.2) is 29.2 Å². The zero-order valence-electron chi connectivity index (χ0n) is 17.0. The summed E-state index contributed by atoms with van der Waals surface area (Å²) in [5.41, 5.74) is 0.979. The fraction of sp³-hybridized carbons (Fsp3) is 0.667. The lowest BCUT2D eigenvalue weighted by molar-refractivity contribution is -0.131. The second-order valence-electron chi connectivity index (χ2n) is 8.20. The van der Waals surface area contributed by atoms with Gasteiger partial charge in [0.15, 0.2) is 0 Å². The van der Waals surface area contributed by atoms with Crippen molar-refractivity contribution < 1.29 is 23.1 Å². The molecule has 0 bridgehead atoms. The van der Waals surface area contributed by atoms with Crippen molar-refractivity contribution in [1.82, 2.24) is 10.0 Å². The molecule has 0 radical (unpaired) electrons. The zero-order valence-corrected chi connectivity index (χ0v) is 17.8. The average molecular weight is 425 g/mol. The van der Waals surface area contributed by atoms with Gasteiger partial charge in [0.05, 0.1) is 36.2 Å². The van der Waals surface area contributed by atoms with E-state index in [1.165, 1.54) is 6.42 Å². The largest absolute Gasteiger partial charge is 0.394 e. The molecule has 0 aromatic heterocycles. The van der Waals surface area contributed by atoms with Gasteiger partial charge in [-0.1, -0.05) is 37.0 Å². The van der Waals surface area contributed by atoms with Crippen molar-refractivity contribution in [1.29, 1.82) is 0 Å². The summed E-state index contributed by atoms with van der Waals surface area (Å²) in [5, 5.41) is 12.8. The molecule has 1 saturated carbocycles. The molecule has 1 aliphatic heterocycles. The third kappa shape index (κ3) is 6.25. The molecule has 3 rings (SSSR count). The van der Waals surface area contributed by atoms with Gasteiger partial charge in [-0.3, -0.25) is 4.79 Å². The number of rotatable bonds is 7. The van der Waals surface area contributed by atoms with Crippen molar-refractivity contribution in [2.24, 2.45) is 0 Å². The second kappa shape index (κ2) is 10.0. The molecule has 2 fully saturated rings. The molecule has 1 amide bonds. The fourth-order valence-electron chi connectivity index (χ4n) is 4.14. The Hall–Kier alpha value is -1.48. The number of carbonyl (C=O) groups is 1. The maximum atomic E-state index is 12.6. The molecule has 8 heteroatoms. The van der Waals surface area contributed by atoms with Crippen LogP contribution in [0.25, 0.3) is 0 Å². The molecule has 1 saturated heterocycles. The molecule has 1 aromatic carbocycles. The quantitative estimate of drug-likeness (QED) is 0.621. The van der Waals surface area contributed by atoms with Gasteiger partial charge in [0, 0.05) is 6.04 Å². The third-order valence-corrected chi connectivity index (χ3v) is 7.32. The first-order valence-corrected chi connectivity index (χ1v) is 12.0. The van der Waals surface area contributed by atoms with Crippen LogP contribution in [0.2, 0.25) is 0 Å². The number of aryl methyl sites for hydroxylation is 1. The lowest BCUT2D eigenvalue weighted by Crippen LogP contribution is -2.51. The normalized spacial score (nSPS) is 26.2. The number of nitrogens with one attached hydrogen (secondary N) is 2. The first-order chi connectivity index (χ1) is 13.9. The van der Waals surface area contributed by atoms with E-state index >= 15 is 0 Å². The fourth-order valence-corrected chi connectivity index (χ4v) is 5.44. The number of sulfonamides is 1. The van der Waals surface area contributed by atoms with Gasteiger partial charge in [-0.25, -0.2) is 13.1 Å². The van der Waals surface area contributed by atoms with Crippen LogP contribution in [0.3, 0.4) is 0 Å². The molecular weight excluding hydrogens is 392 g/mol. The summed E-state index contributed by atoms with van der Waals surface area (Å²) in [7, 11) is -3.70. The topological polar surface area (TPSA) is 105 Å². The summed E-state index contributed by atoms with van der Waals surface area (Å²) >= 11 is 0. The molecule has 1 aromatic rings. The van der Waals surface area contributed by atoms with Gasteiger partial charge >= 0.3 is 0 Å². The van der Waals surface area contributed by atoms with Crippen LogP contribution in [0.5, 0.6) is 0 Å². The minimum absolute atomic E-state index is 0.0303. The molecule has 162 valence electrons. The first kappa shape index (κ1) is 22.2. The van der Waals surface area contributed by atoms with E-state index in [0.717, 1.165) is 31.2 Å². The molecule has 7 nitrogen and oxygen atoms in total. The van der Waals surface area contributed by atoms with Gasteiger partial charge in [0.25, 0.3) is 0 Å². The molecule has 1 heterocycles. The van der Waals surface area contributed by atoms with Crippen molar-refractivity contribution in [3.05, 3.63) is 29.8 Å². The van der Waals surface area contributed by atoms with Crippen molar-refractivity contribution in [3.63, 3.8) is 0 Å². The number of hydrogen-bond acceptors (Lipinski definition) is 5. The Balaban J connectivity index is 1.53. The van der Waals surface area contributed by atoms with Crippen LogP contribution < -0.4 is 10.0 Å². The van der Waals surface area contributed by atoms with Gasteiger partial charge in [-0.2, -0.15) is 0 Å². The molecule has 3 N–H and O–H groups in total. The molecule has 1 aliphatic carbocycles. The maximum absolute atomic E-state index is 12.6. The van der Waals surface area contributed by atoms with E-state index in [-0.39, 0.29) is 36.0 Å². The summed E-state index contributed by atoms with van der Waals surface area (Å²) in [6, 6.07) is 6.35. The first-order valence-electron chi connectivity index (χ1n) is 10.5. The number of amides is 1. The van der Waals surface area contributed by atoms with Crippen molar-refractivity contribution in [2.45, 2.75) is 87.5 Å². The Kier molecular flexibility index (Phi) is 7.67. The highest BCUT2D eigenvalue weighted by Gasteiger charge is 2.35. The average Bonchev–Trinajstić information content (AvgIpc) is 2.70. The Morgan fingerprint density at radius 2 is 1.79 bits per heavy atom. The van der Waals surface area contributed by atoms with Crippen molar-refractivity contribution in [2.75, 3.05) is 6.61 Å². The summed E-state index contributed by atoms with van der Waals surface area (Å²) in [5.74, 6) is -0.0303. The predicted molar refractivity (Wildman–Crippen MR) is 110 cm³/mol. The van der Waals surface area contributed by atoms with Crippen molar-refractivity contribution >= 4 is 15.9 Å². The summed E-state index contributed by atoms with van der Waals surface area (Å²) in [4.78, 5) is 12.5. The van der Waals surface area contributed by atoms with Crippen molar-refractivity contribution in [3.8, 4) is 0 Å². The maximum Gasteiger partial charge on any atom is 0.240 e. The highest BCUT2D eigenvalue weighted by atomic mass is 32.2. The predicted octanol–water partition coefficient (Wildman–Crippen LogP) is 2.02. The van der Waals surface area contributed by atoms with E-state index < -0.39 is 22.2 Å². The number of aliphatic hydroxyl groups is 1. The molecule has 0 unspecified atom stereocenters. The van der Waals surface area contributed by atoms with E-state index in [0.29, 0.717) is 12.8 Å².